The van der Waals surface area contributed by atoms with E-state index in [2.05, 4.69) is 4.90 Å². The zero-order chi connectivity index (χ0) is 23.9. The zero-order valence-corrected chi connectivity index (χ0v) is 20.2. The maximum absolute atomic E-state index is 13.5. The average molecular weight is 484 g/mol. The first-order valence-corrected chi connectivity index (χ1v) is 12.4. The molecule has 2 aromatic heterocycles. The fourth-order valence-electron chi connectivity index (χ4n) is 4.14. The topological polar surface area (TPSA) is 57.0 Å². The van der Waals surface area contributed by atoms with Gasteiger partial charge in [0, 0.05) is 29.4 Å². The number of amides is 2. The van der Waals surface area contributed by atoms with Crippen LogP contribution in [0.4, 0.5) is 4.39 Å². The van der Waals surface area contributed by atoms with Crippen molar-refractivity contribution in [3.63, 3.8) is 0 Å². The second-order valence-electron chi connectivity index (χ2n) is 8.64. The Labute approximate surface area is 203 Å². The number of aryl methyl sites for hydroxylation is 1. The summed E-state index contributed by atoms with van der Waals surface area (Å²) in [6.45, 7) is 5.97. The normalized spacial score (nSPS) is 13.8. The first kappa shape index (κ1) is 24.2. The number of carbonyl (C=O) groups is 2. The Balaban J connectivity index is 1.50. The van der Waals surface area contributed by atoms with Crippen LogP contribution in [0.3, 0.4) is 0 Å². The Morgan fingerprint density at radius 2 is 1.79 bits per heavy atom. The number of nitrogens with zero attached hydrogens (tertiary/aromatic N) is 3. The fraction of sp³-hybridized carbons (Fsp3) is 0.385. The molecule has 1 aromatic carbocycles. The van der Waals surface area contributed by atoms with Crippen LogP contribution in [0.5, 0.6) is 0 Å². The molecule has 4 rings (SSSR count). The number of benzene rings is 1. The molecule has 0 aliphatic carbocycles. The number of thiophene rings is 1. The Bertz CT molecular complexity index is 1080. The van der Waals surface area contributed by atoms with Crippen LogP contribution in [0.15, 0.2) is 59.2 Å². The number of halogens is 1. The van der Waals surface area contributed by atoms with E-state index in [9.17, 15) is 14.0 Å². The molecule has 180 valence electrons. The van der Waals surface area contributed by atoms with Crippen molar-refractivity contribution in [2.24, 2.45) is 0 Å². The minimum atomic E-state index is -0.312. The summed E-state index contributed by atoms with van der Waals surface area (Å²) >= 11 is 1.64. The number of rotatable bonds is 10. The molecule has 1 fully saturated rings. The van der Waals surface area contributed by atoms with Gasteiger partial charge in [0.1, 0.15) is 12.4 Å². The first-order chi connectivity index (χ1) is 16.5. The van der Waals surface area contributed by atoms with Crippen LogP contribution >= 0.6 is 11.3 Å². The van der Waals surface area contributed by atoms with Gasteiger partial charge in [-0.05, 0) is 74.8 Å². The van der Waals surface area contributed by atoms with Crippen molar-refractivity contribution in [3.8, 4) is 0 Å². The van der Waals surface area contributed by atoms with Gasteiger partial charge < -0.3 is 19.1 Å². The number of likely N-dealkylation sites (tertiary alicyclic amines) is 1. The highest BCUT2D eigenvalue weighted by atomic mass is 32.1. The second-order valence-corrected chi connectivity index (χ2v) is 10.0. The minimum absolute atomic E-state index is 0.0427. The van der Waals surface area contributed by atoms with E-state index >= 15 is 0 Å². The molecule has 0 saturated carbocycles. The molecule has 3 heterocycles. The van der Waals surface area contributed by atoms with Crippen LogP contribution in [0.1, 0.15) is 38.7 Å². The summed E-state index contributed by atoms with van der Waals surface area (Å²) in [6.07, 6.45) is 3.79. The fourth-order valence-corrected chi connectivity index (χ4v) is 5.05. The molecule has 6 nitrogen and oxygen atoms in total. The molecule has 8 heteroatoms. The van der Waals surface area contributed by atoms with Gasteiger partial charge in [-0.25, -0.2) is 4.39 Å². The van der Waals surface area contributed by atoms with E-state index in [1.54, 1.807) is 45.4 Å². The van der Waals surface area contributed by atoms with Gasteiger partial charge in [-0.3, -0.25) is 9.59 Å². The molecule has 34 heavy (non-hydrogen) atoms. The Morgan fingerprint density at radius 1 is 1.03 bits per heavy atom. The molecule has 0 unspecified atom stereocenters. The second kappa shape index (κ2) is 11.4. The largest absolute Gasteiger partial charge is 0.459 e. The standard InChI is InChI=1S/C26H30FN3O3S/c1-20-6-11-23(34-20)18-30(17-21-7-9-22(27)10-8-21)25(31)19-29(15-14-28-12-2-3-13-28)26(32)24-5-4-16-33-24/h4-11,16H,2-3,12-15,17-19H2,1H3. The molecule has 0 radical (unpaired) electrons. The summed E-state index contributed by atoms with van der Waals surface area (Å²) in [6, 6.07) is 13.5. The number of carbonyl (C=O) groups excluding carboxylic acids is 2. The molecule has 0 bridgehead atoms. The summed E-state index contributed by atoms with van der Waals surface area (Å²) in [5, 5.41) is 0. The zero-order valence-electron chi connectivity index (χ0n) is 19.4. The van der Waals surface area contributed by atoms with E-state index in [-0.39, 0.29) is 29.9 Å². The summed E-state index contributed by atoms with van der Waals surface area (Å²) < 4.78 is 18.7. The van der Waals surface area contributed by atoms with Gasteiger partial charge in [0.05, 0.1) is 12.8 Å². The maximum Gasteiger partial charge on any atom is 0.290 e. The minimum Gasteiger partial charge on any atom is -0.459 e. The molecule has 1 saturated heterocycles. The highest BCUT2D eigenvalue weighted by molar-refractivity contribution is 7.11. The maximum atomic E-state index is 13.5. The molecular formula is C26H30FN3O3S. The highest BCUT2D eigenvalue weighted by Gasteiger charge is 2.25. The summed E-state index contributed by atoms with van der Waals surface area (Å²) in [4.78, 5) is 34.5. The van der Waals surface area contributed by atoms with Gasteiger partial charge in [0.15, 0.2) is 5.76 Å². The van der Waals surface area contributed by atoms with E-state index in [1.807, 2.05) is 19.1 Å². The lowest BCUT2D eigenvalue weighted by molar-refractivity contribution is -0.133. The molecule has 3 aromatic rings. The quantitative estimate of drug-likeness (QED) is 0.424. The van der Waals surface area contributed by atoms with Gasteiger partial charge in [0.25, 0.3) is 5.91 Å². The predicted molar refractivity (Wildman–Crippen MR) is 130 cm³/mol. The lowest BCUT2D eigenvalue weighted by Crippen LogP contribution is -2.45. The summed E-state index contributed by atoms with van der Waals surface area (Å²) in [7, 11) is 0. The van der Waals surface area contributed by atoms with Gasteiger partial charge in [0.2, 0.25) is 5.91 Å². The van der Waals surface area contributed by atoms with Crippen molar-refractivity contribution in [2.45, 2.75) is 32.9 Å². The van der Waals surface area contributed by atoms with Gasteiger partial charge in [-0.1, -0.05) is 12.1 Å². The van der Waals surface area contributed by atoms with Crippen LogP contribution in [0, 0.1) is 12.7 Å². The van der Waals surface area contributed by atoms with Crippen LogP contribution in [-0.2, 0) is 17.9 Å². The van der Waals surface area contributed by atoms with E-state index in [1.165, 1.54) is 23.3 Å². The van der Waals surface area contributed by atoms with E-state index < -0.39 is 0 Å². The molecule has 1 aliphatic rings. The number of hydrogen-bond acceptors (Lipinski definition) is 5. The van der Waals surface area contributed by atoms with E-state index in [0.29, 0.717) is 19.6 Å². The van der Waals surface area contributed by atoms with Gasteiger partial charge in [-0.15, -0.1) is 11.3 Å². The summed E-state index contributed by atoms with van der Waals surface area (Å²) in [5.74, 6) is -0.524. The molecular weight excluding hydrogens is 453 g/mol. The van der Waals surface area contributed by atoms with E-state index in [4.69, 9.17) is 4.42 Å². The molecule has 0 atom stereocenters. The Kier molecular flexibility index (Phi) is 8.13. The smallest absolute Gasteiger partial charge is 0.290 e. The monoisotopic (exact) mass is 483 g/mol. The first-order valence-electron chi connectivity index (χ1n) is 11.6. The Morgan fingerprint density at radius 3 is 2.44 bits per heavy atom. The molecule has 2 amide bonds. The molecule has 0 spiro atoms. The number of furan rings is 1. The number of hydrogen-bond donors (Lipinski definition) is 0. The van der Waals surface area contributed by atoms with Gasteiger partial charge in [-0.2, -0.15) is 0 Å². The van der Waals surface area contributed by atoms with Crippen LogP contribution in [0.2, 0.25) is 0 Å². The third-order valence-corrected chi connectivity index (χ3v) is 7.00. The van der Waals surface area contributed by atoms with Crippen LogP contribution in [0.25, 0.3) is 0 Å². The highest BCUT2D eigenvalue weighted by Crippen LogP contribution is 2.19. The van der Waals surface area contributed by atoms with Crippen LogP contribution in [-0.4, -0.2) is 59.2 Å². The third-order valence-electron chi connectivity index (χ3n) is 6.01. The van der Waals surface area contributed by atoms with Crippen LogP contribution < -0.4 is 0 Å². The summed E-state index contributed by atoms with van der Waals surface area (Å²) in [5.41, 5.74) is 0.837. The van der Waals surface area contributed by atoms with Crippen molar-refractivity contribution >= 4 is 23.2 Å². The van der Waals surface area contributed by atoms with Crippen molar-refractivity contribution in [3.05, 3.63) is 81.7 Å². The lowest BCUT2D eigenvalue weighted by Gasteiger charge is -2.28. The lowest BCUT2D eigenvalue weighted by atomic mass is 10.2. The third kappa shape index (κ3) is 6.55. The van der Waals surface area contributed by atoms with Crippen molar-refractivity contribution < 1.29 is 18.4 Å². The van der Waals surface area contributed by atoms with Gasteiger partial charge >= 0.3 is 0 Å². The van der Waals surface area contributed by atoms with Crippen molar-refractivity contribution in [2.75, 3.05) is 32.7 Å². The van der Waals surface area contributed by atoms with E-state index in [0.717, 1.165) is 42.9 Å². The molecule has 1 aliphatic heterocycles. The van der Waals surface area contributed by atoms with Crippen molar-refractivity contribution in [1.29, 1.82) is 0 Å². The average Bonchev–Trinajstić information content (AvgIpc) is 3.60. The molecule has 0 N–H and O–H groups in total. The predicted octanol–water partition coefficient (Wildman–Crippen LogP) is 4.56. The SMILES string of the molecule is Cc1ccc(CN(Cc2ccc(F)cc2)C(=O)CN(CCN2CCCC2)C(=O)c2ccco2)s1. The Hall–Kier alpha value is -2.97. The van der Waals surface area contributed by atoms with Crippen molar-refractivity contribution in [1.82, 2.24) is 14.7 Å².